The van der Waals surface area contributed by atoms with E-state index in [9.17, 15) is 9.59 Å². The summed E-state index contributed by atoms with van der Waals surface area (Å²) in [6.07, 6.45) is 0. The predicted molar refractivity (Wildman–Crippen MR) is 79.1 cm³/mol. The molecule has 2 rings (SSSR count). The SMILES string of the molecule is Cc1ccc(C(=O)Nc2ccc(C(N)=O)cc2)cc1Cl. The molecular weight excluding hydrogens is 276 g/mol. The summed E-state index contributed by atoms with van der Waals surface area (Å²) in [4.78, 5) is 23.0. The zero-order valence-electron chi connectivity index (χ0n) is 10.8. The van der Waals surface area contributed by atoms with Crippen LogP contribution >= 0.6 is 11.6 Å². The number of nitrogens with two attached hydrogens (primary N) is 1. The highest BCUT2D eigenvalue weighted by atomic mass is 35.5. The Labute approximate surface area is 121 Å². The van der Waals surface area contributed by atoms with Crippen molar-refractivity contribution in [2.75, 3.05) is 5.32 Å². The molecule has 2 aromatic rings. The van der Waals surface area contributed by atoms with E-state index < -0.39 is 5.91 Å². The number of primary amides is 1. The second-order valence-corrected chi connectivity index (χ2v) is 4.77. The fourth-order valence-electron chi connectivity index (χ4n) is 1.66. The van der Waals surface area contributed by atoms with E-state index in [4.69, 9.17) is 17.3 Å². The van der Waals surface area contributed by atoms with Gasteiger partial charge in [-0.3, -0.25) is 9.59 Å². The maximum absolute atomic E-state index is 12.0. The lowest BCUT2D eigenvalue weighted by molar-refractivity contribution is 0.0998. The Morgan fingerprint density at radius 3 is 2.20 bits per heavy atom. The summed E-state index contributed by atoms with van der Waals surface area (Å²) in [6, 6.07) is 11.5. The van der Waals surface area contributed by atoms with Gasteiger partial charge >= 0.3 is 0 Å². The summed E-state index contributed by atoms with van der Waals surface area (Å²) in [6.45, 7) is 1.87. The summed E-state index contributed by atoms with van der Waals surface area (Å²) in [5.74, 6) is -0.771. The van der Waals surface area contributed by atoms with Crippen molar-refractivity contribution < 1.29 is 9.59 Å². The molecule has 0 aliphatic carbocycles. The first-order valence-electron chi connectivity index (χ1n) is 5.95. The average molecular weight is 289 g/mol. The molecule has 0 aromatic heterocycles. The number of anilines is 1. The van der Waals surface area contributed by atoms with Crippen molar-refractivity contribution in [3.8, 4) is 0 Å². The summed E-state index contributed by atoms with van der Waals surface area (Å²) < 4.78 is 0. The van der Waals surface area contributed by atoms with Gasteiger partial charge in [0.1, 0.15) is 0 Å². The van der Waals surface area contributed by atoms with E-state index in [0.717, 1.165) is 5.56 Å². The molecule has 102 valence electrons. The zero-order chi connectivity index (χ0) is 14.7. The lowest BCUT2D eigenvalue weighted by Gasteiger charge is -2.07. The van der Waals surface area contributed by atoms with Gasteiger partial charge in [0.05, 0.1) is 0 Å². The largest absolute Gasteiger partial charge is 0.366 e. The molecule has 0 spiro atoms. The molecule has 0 aliphatic heterocycles. The molecule has 0 heterocycles. The Bertz CT molecular complexity index is 666. The van der Waals surface area contributed by atoms with Gasteiger partial charge in [-0.15, -0.1) is 0 Å². The first-order valence-corrected chi connectivity index (χ1v) is 6.32. The molecule has 5 heteroatoms. The summed E-state index contributed by atoms with van der Waals surface area (Å²) in [5.41, 5.74) is 7.50. The van der Waals surface area contributed by atoms with E-state index in [-0.39, 0.29) is 5.91 Å². The number of amides is 2. The predicted octanol–water partition coefficient (Wildman–Crippen LogP) is 3.00. The second-order valence-electron chi connectivity index (χ2n) is 4.36. The lowest BCUT2D eigenvalue weighted by atomic mass is 10.1. The van der Waals surface area contributed by atoms with Crippen LogP contribution in [-0.2, 0) is 0 Å². The Balaban J connectivity index is 2.14. The third kappa shape index (κ3) is 3.16. The van der Waals surface area contributed by atoms with Crippen LogP contribution in [0, 0.1) is 6.92 Å². The van der Waals surface area contributed by atoms with Crippen molar-refractivity contribution >= 4 is 29.1 Å². The van der Waals surface area contributed by atoms with E-state index in [1.54, 1.807) is 42.5 Å². The Morgan fingerprint density at radius 2 is 1.65 bits per heavy atom. The molecular formula is C15H13ClN2O2. The van der Waals surface area contributed by atoms with Crippen molar-refractivity contribution in [1.29, 1.82) is 0 Å². The van der Waals surface area contributed by atoms with Crippen LogP contribution in [0.15, 0.2) is 42.5 Å². The quantitative estimate of drug-likeness (QED) is 0.911. The second kappa shape index (κ2) is 5.75. The number of hydrogen-bond acceptors (Lipinski definition) is 2. The van der Waals surface area contributed by atoms with Crippen LogP contribution in [0.4, 0.5) is 5.69 Å². The van der Waals surface area contributed by atoms with E-state index in [0.29, 0.717) is 21.8 Å². The molecule has 0 aliphatic rings. The molecule has 0 radical (unpaired) electrons. The number of carbonyl (C=O) groups excluding carboxylic acids is 2. The lowest BCUT2D eigenvalue weighted by Crippen LogP contribution is -2.13. The molecule has 0 saturated carbocycles. The zero-order valence-corrected chi connectivity index (χ0v) is 11.6. The molecule has 4 nitrogen and oxygen atoms in total. The van der Waals surface area contributed by atoms with Crippen LogP contribution in [0.2, 0.25) is 5.02 Å². The molecule has 0 saturated heterocycles. The number of hydrogen-bond donors (Lipinski definition) is 2. The van der Waals surface area contributed by atoms with Gasteiger partial charge in [0.25, 0.3) is 5.91 Å². The molecule has 0 bridgehead atoms. The third-order valence-corrected chi connectivity index (χ3v) is 3.27. The highest BCUT2D eigenvalue weighted by molar-refractivity contribution is 6.31. The van der Waals surface area contributed by atoms with Crippen LogP contribution < -0.4 is 11.1 Å². The standard InChI is InChI=1S/C15H13ClN2O2/c1-9-2-3-11(8-13(9)16)15(20)18-12-6-4-10(5-7-12)14(17)19/h2-8H,1H3,(H2,17,19)(H,18,20). The van der Waals surface area contributed by atoms with Gasteiger partial charge < -0.3 is 11.1 Å². The van der Waals surface area contributed by atoms with Crippen molar-refractivity contribution in [3.05, 3.63) is 64.2 Å². The molecule has 20 heavy (non-hydrogen) atoms. The number of carbonyl (C=O) groups is 2. The van der Waals surface area contributed by atoms with Crippen molar-refractivity contribution in [2.45, 2.75) is 6.92 Å². The van der Waals surface area contributed by atoms with Gasteiger partial charge in [-0.2, -0.15) is 0 Å². The number of benzene rings is 2. The van der Waals surface area contributed by atoms with E-state index in [1.165, 1.54) is 0 Å². The summed E-state index contributed by atoms with van der Waals surface area (Å²) >= 11 is 5.99. The Morgan fingerprint density at radius 1 is 1.05 bits per heavy atom. The minimum absolute atomic E-state index is 0.265. The maximum Gasteiger partial charge on any atom is 0.255 e. The first kappa shape index (κ1) is 14.1. The Hall–Kier alpha value is -2.33. The highest BCUT2D eigenvalue weighted by Gasteiger charge is 2.08. The minimum atomic E-state index is -0.506. The summed E-state index contributed by atoms with van der Waals surface area (Å²) in [5, 5.41) is 3.26. The Kier molecular flexibility index (Phi) is 4.05. The number of aryl methyl sites for hydroxylation is 1. The van der Waals surface area contributed by atoms with Gasteiger partial charge in [0.2, 0.25) is 5.91 Å². The van der Waals surface area contributed by atoms with Crippen LogP contribution in [0.1, 0.15) is 26.3 Å². The smallest absolute Gasteiger partial charge is 0.255 e. The van der Waals surface area contributed by atoms with Crippen LogP contribution in [0.25, 0.3) is 0 Å². The number of halogens is 1. The van der Waals surface area contributed by atoms with E-state index in [2.05, 4.69) is 5.32 Å². The van der Waals surface area contributed by atoms with Gasteiger partial charge in [-0.1, -0.05) is 17.7 Å². The average Bonchev–Trinajstić information content (AvgIpc) is 2.42. The number of rotatable bonds is 3. The number of nitrogens with one attached hydrogen (secondary N) is 1. The van der Waals surface area contributed by atoms with Crippen LogP contribution in [0.5, 0.6) is 0 Å². The highest BCUT2D eigenvalue weighted by Crippen LogP contribution is 2.18. The first-order chi connectivity index (χ1) is 9.47. The minimum Gasteiger partial charge on any atom is -0.366 e. The topological polar surface area (TPSA) is 72.2 Å². The van der Waals surface area contributed by atoms with Gasteiger partial charge in [0, 0.05) is 21.8 Å². The van der Waals surface area contributed by atoms with Crippen molar-refractivity contribution in [3.63, 3.8) is 0 Å². The maximum atomic E-state index is 12.0. The molecule has 3 N–H and O–H groups in total. The molecule has 2 amide bonds. The molecule has 0 unspecified atom stereocenters. The molecule has 0 atom stereocenters. The van der Waals surface area contributed by atoms with Crippen LogP contribution in [0.3, 0.4) is 0 Å². The van der Waals surface area contributed by atoms with Gasteiger partial charge in [0.15, 0.2) is 0 Å². The monoisotopic (exact) mass is 288 g/mol. The molecule has 2 aromatic carbocycles. The molecule has 0 fully saturated rings. The van der Waals surface area contributed by atoms with Gasteiger partial charge in [-0.05, 0) is 48.9 Å². The van der Waals surface area contributed by atoms with E-state index >= 15 is 0 Å². The fourth-order valence-corrected chi connectivity index (χ4v) is 1.84. The summed E-state index contributed by atoms with van der Waals surface area (Å²) in [7, 11) is 0. The fraction of sp³-hybridized carbons (Fsp3) is 0.0667. The third-order valence-electron chi connectivity index (χ3n) is 2.86. The van der Waals surface area contributed by atoms with E-state index in [1.807, 2.05) is 6.92 Å². The van der Waals surface area contributed by atoms with Gasteiger partial charge in [-0.25, -0.2) is 0 Å². The van der Waals surface area contributed by atoms with Crippen LogP contribution in [-0.4, -0.2) is 11.8 Å². The van der Waals surface area contributed by atoms with Crippen molar-refractivity contribution in [1.82, 2.24) is 0 Å². The van der Waals surface area contributed by atoms with Crippen molar-refractivity contribution in [2.24, 2.45) is 5.73 Å². The normalized spacial score (nSPS) is 10.1.